The Morgan fingerprint density at radius 2 is 1.88 bits per heavy atom. The summed E-state index contributed by atoms with van der Waals surface area (Å²) in [6.45, 7) is 3.76. The largest absolute Gasteiger partial charge is 0.337 e. The van der Waals surface area contributed by atoms with Gasteiger partial charge in [0.15, 0.2) is 5.82 Å². The molecule has 0 saturated heterocycles. The number of nitrogens with zero attached hydrogens (tertiary/aromatic N) is 5. The van der Waals surface area contributed by atoms with Gasteiger partial charge in [-0.1, -0.05) is 41.1 Å². The molecule has 3 aromatic heterocycles. The van der Waals surface area contributed by atoms with E-state index in [4.69, 9.17) is 4.52 Å². The van der Waals surface area contributed by atoms with Gasteiger partial charge in [-0.15, -0.1) is 0 Å². The maximum absolute atomic E-state index is 13.4. The average molecular weight is 428 g/mol. The van der Waals surface area contributed by atoms with Crippen molar-refractivity contribution in [1.82, 2.24) is 24.3 Å². The fourth-order valence-corrected chi connectivity index (χ4v) is 3.76. The summed E-state index contributed by atoms with van der Waals surface area (Å²) in [5.41, 5.74) is 3.18. The van der Waals surface area contributed by atoms with Gasteiger partial charge < -0.3 is 14.4 Å². The summed E-state index contributed by atoms with van der Waals surface area (Å²) in [4.78, 5) is 34.9. The molecule has 9 nitrogen and oxygen atoms in total. The van der Waals surface area contributed by atoms with E-state index >= 15 is 0 Å². The number of para-hydroxylation sites is 1. The van der Waals surface area contributed by atoms with Crippen LogP contribution in [0.4, 0.5) is 5.69 Å². The van der Waals surface area contributed by atoms with Crippen molar-refractivity contribution in [3.05, 3.63) is 82.5 Å². The lowest BCUT2D eigenvalue weighted by Gasteiger charge is -2.09. The summed E-state index contributed by atoms with van der Waals surface area (Å²) in [5, 5.41) is 7.46. The highest BCUT2D eigenvalue weighted by Crippen LogP contribution is 2.25. The number of nitrogens with one attached hydrogen (secondary N) is 1. The van der Waals surface area contributed by atoms with Crippen molar-refractivity contribution in [3.63, 3.8) is 0 Å². The Hall–Kier alpha value is -4.27. The zero-order valence-corrected chi connectivity index (χ0v) is 17.6. The van der Waals surface area contributed by atoms with Crippen LogP contribution < -0.4 is 10.9 Å². The van der Waals surface area contributed by atoms with E-state index in [2.05, 4.69) is 20.4 Å². The topological polar surface area (TPSA) is 108 Å². The standard InChI is InChI=1S/C23H20N6O3/c1-14-7-9-16(10-8-14)26-19(30)11-29-18-6-4-3-5-17(18)21-22(29)23(31)28(13-24-21)12-20-25-15(2)27-32-20/h3-10,13H,11-12H2,1-2H3,(H,26,30). The molecule has 5 rings (SSSR count). The Balaban J connectivity index is 1.57. The molecule has 0 atom stereocenters. The van der Waals surface area contributed by atoms with Gasteiger partial charge in [-0.3, -0.25) is 14.2 Å². The molecular formula is C23H20N6O3. The molecule has 0 bridgehead atoms. The van der Waals surface area contributed by atoms with E-state index in [1.807, 2.05) is 55.5 Å². The quantitative estimate of drug-likeness (QED) is 0.461. The molecule has 0 radical (unpaired) electrons. The number of rotatable bonds is 5. The van der Waals surface area contributed by atoms with Crippen molar-refractivity contribution in [1.29, 1.82) is 0 Å². The highest BCUT2D eigenvalue weighted by atomic mass is 16.5. The third kappa shape index (κ3) is 3.53. The van der Waals surface area contributed by atoms with Gasteiger partial charge in [-0.05, 0) is 32.0 Å². The summed E-state index contributed by atoms with van der Waals surface area (Å²) in [6, 6.07) is 15.1. The minimum absolute atomic E-state index is 0.0293. The number of carbonyl (C=O) groups excluding carboxylic acids is 1. The molecule has 1 amide bonds. The molecule has 0 aliphatic rings. The fourth-order valence-electron chi connectivity index (χ4n) is 3.76. The Morgan fingerprint density at radius 3 is 2.62 bits per heavy atom. The number of fused-ring (bicyclic) bond motifs is 3. The van der Waals surface area contributed by atoms with Crippen LogP contribution in [0.2, 0.25) is 0 Å². The molecule has 5 aromatic rings. The van der Waals surface area contributed by atoms with Crippen LogP contribution in [0.1, 0.15) is 17.3 Å². The first kappa shape index (κ1) is 19.7. The summed E-state index contributed by atoms with van der Waals surface area (Å²) in [5.74, 6) is 0.563. The predicted molar refractivity (Wildman–Crippen MR) is 119 cm³/mol. The molecule has 2 aromatic carbocycles. The van der Waals surface area contributed by atoms with Crippen molar-refractivity contribution in [3.8, 4) is 0 Å². The number of anilines is 1. The Kier molecular flexibility index (Phi) is 4.78. The van der Waals surface area contributed by atoms with Crippen LogP contribution in [0.15, 0.2) is 64.2 Å². The molecule has 0 saturated carbocycles. The van der Waals surface area contributed by atoms with Crippen LogP contribution in [0.5, 0.6) is 0 Å². The van der Waals surface area contributed by atoms with Crippen LogP contribution in [0.25, 0.3) is 21.9 Å². The number of aryl methyl sites for hydroxylation is 2. The van der Waals surface area contributed by atoms with Crippen molar-refractivity contribution in [2.45, 2.75) is 26.9 Å². The molecule has 0 aliphatic carbocycles. The van der Waals surface area contributed by atoms with Gasteiger partial charge in [0.05, 0.1) is 11.8 Å². The third-order valence-corrected chi connectivity index (χ3v) is 5.25. The maximum atomic E-state index is 13.4. The molecule has 0 unspecified atom stereocenters. The lowest BCUT2D eigenvalue weighted by molar-refractivity contribution is -0.116. The van der Waals surface area contributed by atoms with Gasteiger partial charge in [-0.25, -0.2) is 4.98 Å². The first-order chi connectivity index (χ1) is 15.5. The van der Waals surface area contributed by atoms with Crippen molar-refractivity contribution in [2.24, 2.45) is 0 Å². The van der Waals surface area contributed by atoms with Gasteiger partial charge in [0.2, 0.25) is 11.8 Å². The minimum atomic E-state index is -0.287. The van der Waals surface area contributed by atoms with E-state index < -0.39 is 0 Å². The van der Waals surface area contributed by atoms with Crippen LogP contribution in [0, 0.1) is 13.8 Å². The summed E-state index contributed by atoms with van der Waals surface area (Å²) in [6.07, 6.45) is 1.47. The molecule has 0 fully saturated rings. The highest BCUT2D eigenvalue weighted by Gasteiger charge is 2.19. The lowest BCUT2D eigenvalue weighted by Crippen LogP contribution is -2.25. The average Bonchev–Trinajstić information content (AvgIpc) is 3.33. The first-order valence-corrected chi connectivity index (χ1v) is 10.1. The Morgan fingerprint density at radius 1 is 1.09 bits per heavy atom. The van der Waals surface area contributed by atoms with Crippen molar-refractivity contribution >= 4 is 33.5 Å². The van der Waals surface area contributed by atoms with E-state index in [0.717, 1.165) is 16.5 Å². The SMILES string of the molecule is Cc1ccc(NC(=O)Cn2c3ccccc3c3ncn(Cc4nc(C)no4)c(=O)c32)cc1. The highest BCUT2D eigenvalue weighted by molar-refractivity contribution is 6.06. The molecule has 0 spiro atoms. The second-order valence-corrected chi connectivity index (χ2v) is 7.63. The molecule has 1 N–H and O–H groups in total. The third-order valence-electron chi connectivity index (χ3n) is 5.25. The molecule has 3 heterocycles. The van der Waals surface area contributed by atoms with Crippen molar-refractivity contribution < 1.29 is 9.32 Å². The number of carbonyl (C=O) groups is 1. The van der Waals surface area contributed by atoms with Crippen LogP contribution in [-0.2, 0) is 17.9 Å². The van der Waals surface area contributed by atoms with Gasteiger partial charge in [-0.2, -0.15) is 4.98 Å². The van der Waals surface area contributed by atoms with Gasteiger partial charge in [0.1, 0.15) is 24.1 Å². The van der Waals surface area contributed by atoms with Crippen molar-refractivity contribution in [2.75, 3.05) is 5.32 Å². The molecule has 160 valence electrons. The number of benzene rings is 2. The van der Waals surface area contributed by atoms with Gasteiger partial charge in [0, 0.05) is 11.1 Å². The minimum Gasteiger partial charge on any atom is -0.337 e. The number of amides is 1. The van der Waals surface area contributed by atoms with E-state index in [-0.39, 0.29) is 24.6 Å². The zero-order chi connectivity index (χ0) is 22.2. The fraction of sp³-hybridized carbons (Fsp3) is 0.174. The summed E-state index contributed by atoms with van der Waals surface area (Å²) >= 11 is 0. The number of hydrogen-bond donors (Lipinski definition) is 1. The molecule has 9 heteroatoms. The van der Waals surface area contributed by atoms with E-state index in [9.17, 15) is 9.59 Å². The second-order valence-electron chi connectivity index (χ2n) is 7.63. The summed E-state index contributed by atoms with van der Waals surface area (Å²) < 4.78 is 8.26. The lowest BCUT2D eigenvalue weighted by atomic mass is 10.2. The van der Waals surface area contributed by atoms with Gasteiger partial charge >= 0.3 is 0 Å². The van der Waals surface area contributed by atoms with Crippen LogP contribution >= 0.6 is 0 Å². The smallest absolute Gasteiger partial charge is 0.278 e. The first-order valence-electron chi connectivity index (χ1n) is 10.1. The second kappa shape index (κ2) is 7.77. The molecule has 0 aliphatic heterocycles. The molecule has 32 heavy (non-hydrogen) atoms. The zero-order valence-electron chi connectivity index (χ0n) is 17.6. The Labute approximate surface area is 182 Å². The number of aromatic nitrogens is 5. The van der Waals surface area contributed by atoms with E-state index in [0.29, 0.717) is 28.4 Å². The van der Waals surface area contributed by atoms with Crippen LogP contribution in [-0.4, -0.2) is 30.2 Å². The predicted octanol–water partition coefficient (Wildman–Crippen LogP) is 3.04. The normalized spacial score (nSPS) is 11.3. The Bertz CT molecular complexity index is 1510. The van der Waals surface area contributed by atoms with Crippen LogP contribution in [0.3, 0.4) is 0 Å². The van der Waals surface area contributed by atoms with E-state index in [1.165, 1.54) is 10.9 Å². The number of hydrogen-bond acceptors (Lipinski definition) is 6. The summed E-state index contributed by atoms with van der Waals surface area (Å²) in [7, 11) is 0. The maximum Gasteiger partial charge on any atom is 0.278 e. The molecular weight excluding hydrogens is 408 g/mol. The monoisotopic (exact) mass is 428 g/mol. The van der Waals surface area contributed by atoms with Gasteiger partial charge in [0.25, 0.3) is 5.56 Å². The van der Waals surface area contributed by atoms with E-state index in [1.54, 1.807) is 11.5 Å².